The van der Waals surface area contributed by atoms with E-state index in [-0.39, 0.29) is 12.1 Å². The average Bonchev–Trinajstić information content (AvgIpc) is 2.92. The number of hydrogen-bond donors (Lipinski definition) is 1. The van der Waals surface area contributed by atoms with Crippen LogP contribution in [0.25, 0.3) is 0 Å². The van der Waals surface area contributed by atoms with Gasteiger partial charge in [0.05, 0.1) is 20.3 Å². The minimum absolute atomic E-state index is 0.155. The van der Waals surface area contributed by atoms with Crippen molar-refractivity contribution in [3.05, 3.63) is 41.5 Å². The van der Waals surface area contributed by atoms with Crippen LogP contribution < -0.4 is 14.8 Å². The number of aryl methyl sites for hydroxylation is 1. The summed E-state index contributed by atoms with van der Waals surface area (Å²) in [7, 11) is 5.33. The summed E-state index contributed by atoms with van der Waals surface area (Å²) in [4.78, 5) is 4.40. The number of ether oxygens (including phenoxy) is 2. The monoisotopic (exact) mass is 303 g/mol. The molecule has 0 saturated carbocycles. The first-order chi connectivity index (χ1) is 10.5. The van der Waals surface area contributed by atoms with Gasteiger partial charge < -0.3 is 19.4 Å². The molecule has 0 aliphatic carbocycles. The Bertz CT molecular complexity index is 637. The summed E-state index contributed by atoms with van der Waals surface area (Å²) in [5, 5.41) is 3.59. The van der Waals surface area contributed by atoms with Gasteiger partial charge in [0, 0.05) is 25.5 Å². The van der Waals surface area contributed by atoms with Gasteiger partial charge in [-0.1, -0.05) is 6.07 Å². The van der Waals surface area contributed by atoms with Crippen LogP contribution in [0, 0.1) is 6.92 Å². The second-order valence-electron chi connectivity index (χ2n) is 5.52. The van der Waals surface area contributed by atoms with Gasteiger partial charge in [-0.3, -0.25) is 0 Å². The highest BCUT2D eigenvalue weighted by Crippen LogP contribution is 2.35. The van der Waals surface area contributed by atoms with Crippen molar-refractivity contribution in [1.82, 2.24) is 14.9 Å². The first kappa shape index (κ1) is 16.4. The first-order valence-electron chi connectivity index (χ1n) is 7.44. The predicted octanol–water partition coefficient (Wildman–Crippen LogP) is 3.16. The molecule has 0 saturated heterocycles. The van der Waals surface area contributed by atoms with Crippen LogP contribution in [0.1, 0.15) is 42.9 Å². The summed E-state index contributed by atoms with van der Waals surface area (Å²) in [5.74, 6) is 2.57. The number of nitrogens with zero attached hydrogens (tertiary/aromatic N) is 2. The summed E-state index contributed by atoms with van der Waals surface area (Å²) in [6.45, 7) is 6.32. The number of benzene rings is 1. The summed E-state index contributed by atoms with van der Waals surface area (Å²) < 4.78 is 12.9. The Balaban J connectivity index is 2.23. The maximum Gasteiger partial charge on any atom is 0.163 e. The third-order valence-electron chi connectivity index (χ3n) is 4.05. The van der Waals surface area contributed by atoms with Crippen molar-refractivity contribution in [3.63, 3.8) is 0 Å². The number of imidazole rings is 1. The summed E-state index contributed by atoms with van der Waals surface area (Å²) in [6.07, 6.45) is 3.78. The zero-order valence-corrected chi connectivity index (χ0v) is 14.2. The Morgan fingerprint density at radius 1 is 1.14 bits per heavy atom. The van der Waals surface area contributed by atoms with Crippen molar-refractivity contribution in [2.75, 3.05) is 14.2 Å². The molecular formula is C17H25N3O2. The standard InChI is InChI=1S/C17H25N3O2/c1-11-14(7-8-15(21-5)16(11)22-6)12(2)19-13(3)17-18-9-10-20(17)4/h7-10,12-13,19H,1-6H3. The zero-order valence-electron chi connectivity index (χ0n) is 14.2. The molecule has 1 aromatic carbocycles. The maximum absolute atomic E-state index is 5.48. The van der Waals surface area contributed by atoms with Crippen molar-refractivity contribution in [3.8, 4) is 11.5 Å². The quantitative estimate of drug-likeness (QED) is 0.890. The molecule has 2 unspecified atom stereocenters. The van der Waals surface area contributed by atoms with Crippen molar-refractivity contribution in [2.24, 2.45) is 7.05 Å². The molecule has 0 amide bonds. The van der Waals surface area contributed by atoms with E-state index in [4.69, 9.17) is 9.47 Å². The summed E-state index contributed by atoms with van der Waals surface area (Å²) in [6, 6.07) is 4.36. The fourth-order valence-corrected chi connectivity index (χ4v) is 2.90. The second kappa shape index (κ2) is 6.83. The van der Waals surface area contributed by atoms with Crippen molar-refractivity contribution in [2.45, 2.75) is 32.9 Å². The maximum atomic E-state index is 5.48. The van der Waals surface area contributed by atoms with Gasteiger partial charge in [-0.25, -0.2) is 4.98 Å². The zero-order chi connectivity index (χ0) is 16.3. The molecular weight excluding hydrogens is 278 g/mol. The molecule has 0 aliphatic heterocycles. The molecule has 2 atom stereocenters. The van der Waals surface area contributed by atoms with E-state index in [1.54, 1.807) is 14.2 Å². The van der Waals surface area contributed by atoms with E-state index >= 15 is 0 Å². The van der Waals surface area contributed by atoms with E-state index in [9.17, 15) is 0 Å². The Hall–Kier alpha value is -2.01. The van der Waals surface area contributed by atoms with E-state index in [1.807, 2.05) is 30.1 Å². The third kappa shape index (κ3) is 3.09. The predicted molar refractivity (Wildman–Crippen MR) is 87.5 cm³/mol. The van der Waals surface area contributed by atoms with Crippen molar-refractivity contribution < 1.29 is 9.47 Å². The van der Waals surface area contributed by atoms with Gasteiger partial charge in [-0.2, -0.15) is 0 Å². The molecule has 0 fully saturated rings. The first-order valence-corrected chi connectivity index (χ1v) is 7.44. The van der Waals surface area contributed by atoms with Gasteiger partial charge in [-0.05, 0) is 38.0 Å². The molecule has 120 valence electrons. The van der Waals surface area contributed by atoms with Crippen LogP contribution in [0.2, 0.25) is 0 Å². The van der Waals surface area contributed by atoms with Crippen LogP contribution >= 0.6 is 0 Å². The van der Waals surface area contributed by atoms with E-state index in [0.29, 0.717) is 0 Å². The lowest BCUT2D eigenvalue weighted by molar-refractivity contribution is 0.351. The van der Waals surface area contributed by atoms with Gasteiger partial charge in [0.2, 0.25) is 0 Å². The summed E-state index contributed by atoms with van der Waals surface area (Å²) in [5.41, 5.74) is 2.28. The normalized spacial score (nSPS) is 13.7. The van der Waals surface area contributed by atoms with Crippen LogP contribution in [-0.2, 0) is 7.05 Å². The Kier molecular flexibility index (Phi) is 5.08. The molecule has 22 heavy (non-hydrogen) atoms. The lowest BCUT2D eigenvalue weighted by Crippen LogP contribution is -2.25. The molecule has 1 N–H and O–H groups in total. The molecule has 1 heterocycles. The topological polar surface area (TPSA) is 48.3 Å². The number of hydrogen-bond acceptors (Lipinski definition) is 4. The third-order valence-corrected chi connectivity index (χ3v) is 4.05. The minimum atomic E-state index is 0.155. The van der Waals surface area contributed by atoms with Crippen LogP contribution in [0.4, 0.5) is 0 Å². The van der Waals surface area contributed by atoms with Crippen LogP contribution in [0.15, 0.2) is 24.5 Å². The van der Waals surface area contributed by atoms with Gasteiger partial charge >= 0.3 is 0 Å². The molecule has 5 nitrogen and oxygen atoms in total. The molecule has 1 aromatic heterocycles. The molecule has 0 spiro atoms. The van der Waals surface area contributed by atoms with Gasteiger partial charge in [0.15, 0.2) is 11.5 Å². The number of nitrogens with one attached hydrogen (secondary N) is 1. The fraction of sp³-hybridized carbons (Fsp3) is 0.471. The van der Waals surface area contributed by atoms with Crippen LogP contribution in [-0.4, -0.2) is 23.8 Å². The fourth-order valence-electron chi connectivity index (χ4n) is 2.90. The SMILES string of the molecule is COc1ccc(C(C)NC(C)c2nccn2C)c(C)c1OC. The molecule has 2 rings (SSSR count). The van der Waals surface area contributed by atoms with Crippen molar-refractivity contribution >= 4 is 0 Å². The number of rotatable bonds is 6. The van der Waals surface area contributed by atoms with Gasteiger partial charge in [0.1, 0.15) is 5.82 Å². The van der Waals surface area contributed by atoms with Crippen LogP contribution in [0.5, 0.6) is 11.5 Å². The largest absolute Gasteiger partial charge is 0.493 e. The highest BCUT2D eigenvalue weighted by Gasteiger charge is 2.19. The smallest absolute Gasteiger partial charge is 0.163 e. The van der Waals surface area contributed by atoms with E-state index in [1.165, 1.54) is 5.56 Å². The van der Waals surface area contributed by atoms with E-state index in [0.717, 1.165) is 22.9 Å². The Morgan fingerprint density at radius 2 is 1.86 bits per heavy atom. The Morgan fingerprint density at radius 3 is 2.41 bits per heavy atom. The summed E-state index contributed by atoms with van der Waals surface area (Å²) >= 11 is 0. The highest BCUT2D eigenvalue weighted by atomic mass is 16.5. The van der Waals surface area contributed by atoms with Gasteiger partial charge in [-0.15, -0.1) is 0 Å². The second-order valence-corrected chi connectivity index (χ2v) is 5.52. The lowest BCUT2D eigenvalue weighted by Gasteiger charge is -2.23. The average molecular weight is 303 g/mol. The Labute approximate surface area is 132 Å². The number of methoxy groups -OCH3 is 2. The minimum Gasteiger partial charge on any atom is -0.493 e. The lowest BCUT2D eigenvalue weighted by atomic mass is 10.00. The highest BCUT2D eigenvalue weighted by molar-refractivity contribution is 5.51. The van der Waals surface area contributed by atoms with Crippen LogP contribution in [0.3, 0.4) is 0 Å². The molecule has 0 aliphatic rings. The molecule has 0 bridgehead atoms. The number of aromatic nitrogens is 2. The van der Waals surface area contributed by atoms with Gasteiger partial charge in [0.25, 0.3) is 0 Å². The molecule has 5 heteroatoms. The van der Waals surface area contributed by atoms with E-state index in [2.05, 4.69) is 37.1 Å². The molecule has 2 aromatic rings. The van der Waals surface area contributed by atoms with E-state index < -0.39 is 0 Å². The van der Waals surface area contributed by atoms with Crippen molar-refractivity contribution in [1.29, 1.82) is 0 Å². The molecule has 0 radical (unpaired) electrons.